The van der Waals surface area contributed by atoms with E-state index in [0.717, 1.165) is 11.3 Å². The number of nitrogens with zero attached hydrogens (tertiary/aromatic N) is 1. The van der Waals surface area contributed by atoms with E-state index in [1.165, 1.54) is 5.56 Å². The van der Waals surface area contributed by atoms with Crippen molar-refractivity contribution >= 4 is 5.91 Å². The van der Waals surface area contributed by atoms with Gasteiger partial charge in [0.1, 0.15) is 5.75 Å². The first-order valence-electron chi connectivity index (χ1n) is 7.40. The van der Waals surface area contributed by atoms with Crippen LogP contribution in [0.2, 0.25) is 0 Å². The zero-order chi connectivity index (χ0) is 15.1. The van der Waals surface area contributed by atoms with Crippen molar-refractivity contribution in [3.8, 4) is 5.75 Å². The van der Waals surface area contributed by atoms with Crippen LogP contribution in [0.1, 0.15) is 17.5 Å². The molecule has 116 valence electrons. The number of carbonyl (C=O) groups is 1. The number of methoxy groups -OCH3 is 1. The minimum Gasteiger partial charge on any atom is -0.496 e. The lowest BCUT2D eigenvalue weighted by atomic mass is 10.1. The highest BCUT2D eigenvalue weighted by Crippen LogP contribution is 2.19. The first kappa shape index (κ1) is 15.8. The molecule has 0 aliphatic carbocycles. The molecule has 1 N–H and O–H groups in total. The van der Waals surface area contributed by atoms with E-state index in [4.69, 9.17) is 9.47 Å². The summed E-state index contributed by atoms with van der Waals surface area (Å²) in [5.74, 6) is 1.08. The fourth-order valence-corrected chi connectivity index (χ4v) is 2.43. The van der Waals surface area contributed by atoms with E-state index in [9.17, 15) is 4.79 Å². The summed E-state index contributed by atoms with van der Waals surface area (Å²) in [5.41, 5.74) is 2.33. The summed E-state index contributed by atoms with van der Waals surface area (Å²) >= 11 is 0. The summed E-state index contributed by atoms with van der Waals surface area (Å²) in [4.78, 5) is 13.9. The second-order valence-electron chi connectivity index (χ2n) is 5.24. The van der Waals surface area contributed by atoms with Crippen LogP contribution in [-0.4, -0.2) is 50.8 Å². The van der Waals surface area contributed by atoms with Crippen LogP contribution in [0, 0.1) is 6.92 Å². The van der Waals surface area contributed by atoms with Gasteiger partial charge in [-0.1, -0.05) is 17.7 Å². The maximum absolute atomic E-state index is 12.0. The smallest absolute Gasteiger partial charge is 0.224 e. The highest BCUT2D eigenvalue weighted by atomic mass is 16.5. The molecule has 1 fully saturated rings. The Kier molecular flexibility index (Phi) is 6.02. The maximum atomic E-state index is 12.0. The minimum atomic E-state index is 0.196. The second-order valence-corrected chi connectivity index (χ2v) is 5.24. The number of ether oxygens (including phenoxy) is 2. The Bertz CT molecular complexity index is 471. The molecule has 5 nitrogen and oxygen atoms in total. The van der Waals surface area contributed by atoms with Crippen molar-refractivity contribution in [1.82, 2.24) is 10.2 Å². The predicted octanol–water partition coefficient (Wildman–Crippen LogP) is 1.34. The molecule has 0 unspecified atom stereocenters. The third kappa shape index (κ3) is 4.72. The van der Waals surface area contributed by atoms with Gasteiger partial charge in [0.05, 0.1) is 20.3 Å². The van der Waals surface area contributed by atoms with Crippen LogP contribution >= 0.6 is 0 Å². The van der Waals surface area contributed by atoms with Crippen molar-refractivity contribution in [2.75, 3.05) is 40.0 Å². The molecule has 0 aromatic heterocycles. The molecule has 1 saturated heterocycles. The number of benzene rings is 1. The third-order valence-electron chi connectivity index (χ3n) is 3.63. The molecule has 1 amide bonds. The van der Waals surface area contributed by atoms with Gasteiger partial charge in [-0.25, -0.2) is 0 Å². The predicted molar refractivity (Wildman–Crippen MR) is 81.5 cm³/mol. The van der Waals surface area contributed by atoms with Crippen molar-refractivity contribution in [1.29, 1.82) is 0 Å². The van der Waals surface area contributed by atoms with Gasteiger partial charge in [-0.15, -0.1) is 0 Å². The summed E-state index contributed by atoms with van der Waals surface area (Å²) in [6.07, 6.45) is 0.522. The van der Waals surface area contributed by atoms with E-state index in [0.29, 0.717) is 45.8 Å². The Labute approximate surface area is 126 Å². The van der Waals surface area contributed by atoms with Crippen LogP contribution in [0.15, 0.2) is 18.2 Å². The number of rotatable bonds is 6. The van der Waals surface area contributed by atoms with Crippen LogP contribution in [0.4, 0.5) is 0 Å². The van der Waals surface area contributed by atoms with Crippen LogP contribution in [0.25, 0.3) is 0 Å². The minimum absolute atomic E-state index is 0.196. The van der Waals surface area contributed by atoms with E-state index in [1.807, 2.05) is 17.0 Å². The topological polar surface area (TPSA) is 50.8 Å². The number of hydrogen-bond acceptors (Lipinski definition) is 4. The third-order valence-corrected chi connectivity index (χ3v) is 3.63. The van der Waals surface area contributed by atoms with Gasteiger partial charge >= 0.3 is 0 Å². The summed E-state index contributed by atoms with van der Waals surface area (Å²) in [5, 5.41) is 3.31. The lowest BCUT2D eigenvalue weighted by Crippen LogP contribution is -2.41. The van der Waals surface area contributed by atoms with Gasteiger partial charge < -0.3 is 19.7 Å². The summed E-state index contributed by atoms with van der Waals surface area (Å²) < 4.78 is 10.6. The Balaban J connectivity index is 1.74. The van der Waals surface area contributed by atoms with E-state index in [1.54, 1.807) is 7.11 Å². The SMILES string of the molecule is COc1ccc(C)cc1CNCCC(=O)N1CCOCC1. The standard InChI is InChI=1S/C16H24N2O3/c1-13-3-4-15(20-2)14(11-13)12-17-6-5-16(19)18-7-9-21-10-8-18/h3-4,11,17H,5-10,12H2,1-2H3. The van der Waals surface area contributed by atoms with Gasteiger partial charge in [-0.3, -0.25) is 4.79 Å². The van der Waals surface area contributed by atoms with Gasteiger partial charge in [-0.2, -0.15) is 0 Å². The Morgan fingerprint density at radius 1 is 1.38 bits per heavy atom. The van der Waals surface area contributed by atoms with Crippen molar-refractivity contribution in [2.24, 2.45) is 0 Å². The molecule has 1 aromatic carbocycles. The van der Waals surface area contributed by atoms with Crippen molar-refractivity contribution in [2.45, 2.75) is 19.9 Å². The first-order chi connectivity index (χ1) is 10.2. The van der Waals surface area contributed by atoms with Crippen LogP contribution < -0.4 is 10.1 Å². The molecule has 0 spiro atoms. The van der Waals surface area contributed by atoms with E-state index in [-0.39, 0.29) is 5.91 Å². The monoisotopic (exact) mass is 292 g/mol. The Morgan fingerprint density at radius 2 is 2.14 bits per heavy atom. The molecule has 5 heteroatoms. The highest BCUT2D eigenvalue weighted by molar-refractivity contribution is 5.76. The fourth-order valence-electron chi connectivity index (χ4n) is 2.43. The summed E-state index contributed by atoms with van der Waals surface area (Å²) in [6.45, 7) is 6.17. The molecule has 1 heterocycles. The average molecular weight is 292 g/mol. The number of amides is 1. The largest absolute Gasteiger partial charge is 0.496 e. The van der Waals surface area contributed by atoms with Gasteiger partial charge in [-0.05, 0) is 13.0 Å². The number of hydrogen-bond donors (Lipinski definition) is 1. The van der Waals surface area contributed by atoms with Gasteiger partial charge in [0.15, 0.2) is 0 Å². The molecule has 21 heavy (non-hydrogen) atoms. The Morgan fingerprint density at radius 3 is 2.86 bits per heavy atom. The van der Waals surface area contributed by atoms with Gasteiger partial charge in [0.2, 0.25) is 5.91 Å². The molecule has 1 aliphatic rings. The highest BCUT2D eigenvalue weighted by Gasteiger charge is 2.15. The van der Waals surface area contributed by atoms with Crippen LogP contribution in [-0.2, 0) is 16.1 Å². The number of aryl methyl sites for hydroxylation is 1. The molecule has 0 saturated carbocycles. The van der Waals surface area contributed by atoms with E-state index >= 15 is 0 Å². The number of nitrogens with one attached hydrogen (secondary N) is 1. The maximum Gasteiger partial charge on any atom is 0.224 e. The average Bonchev–Trinajstić information content (AvgIpc) is 2.52. The fraction of sp³-hybridized carbons (Fsp3) is 0.562. The van der Waals surface area contributed by atoms with Gasteiger partial charge in [0.25, 0.3) is 0 Å². The lowest BCUT2D eigenvalue weighted by Gasteiger charge is -2.26. The number of carbonyl (C=O) groups excluding carboxylic acids is 1. The van der Waals surface area contributed by atoms with E-state index < -0.39 is 0 Å². The van der Waals surface area contributed by atoms with Crippen molar-refractivity contribution in [3.63, 3.8) is 0 Å². The summed E-state index contributed by atoms with van der Waals surface area (Å²) in [7, 11) is 1.68. The molecular formula is C16H24N2O3. The first-order valence-corrected chi connectivity index (χ1v) is 7.40. The molecule has 1 aliphatic heterocycles. The molecule has 1 aromatic rings. The number of morpholine rings is 1. The normalized spacial score (nSPS) is 15.0. The van der Waals surface area contributed by atoms with Crippen molar-refractivity contribution < 1.29 is 14.3 Å². The van der Waals surface area contributed by atoms with Crippen LogP contribution in [0.3, 0.4) is 0 Å². The molecule has 0 bridgehead atoms. The zero-order valence-corrected chi connectivity index (χ0v) is 12.9. The summed E-state index contributed by atoms with van der Waals surface area (Å²) in [6, 6.07) is 6.12. The molecule has 2 rings (SSSR count). The lowest BCUT2D eigenvalue weighted by molar-refractivity contribution is -0.135. The van der Waals surface area contributed by atoms with Crippen LogP contribution in [0.5, 0.6) is 5.75 Å². The van der Waals surface area contributed by atoms with E-state index in [2.05, 4.69) is 18.3 Å². The molecule has 0 atom stereocenters. The Hall–Kier alpha value is -1.59. The molecule has 0 radical (unpaired) electrons. The molecular weight excluding hydrogens is 268 g/mol. The van der Waals surface area contributed by atoms with Crippen molar-refractivity contribution in [3.05, 3.63) is 29.3 Å². The van der Waals surface area contributed by atoms with Gasteiger partial charge in [0, 0.05) is 38.2 Å². The zero-order valence-electron chi connectivity index (χ0n) is 12.9. The second kappa shape index (κ2) is 8.00. The quantitative estimate of drug-likeness (QED) is 0.804.